The van der Waals surface area contributed by atoms with E-state index in [0.717, 1.165) is 5.56 Å². The van der Waals surface area contributed by atoms with Gasteiger partial charge >= 0.3 is 5.97 Å². The Bertz CT molecular complexity index is 333. The Kier molecular flexibility index (Phi) is 5.70. The second kappa shape index (κ2) is 7.07. The summed E-state index contributed by atoms with van der Waals surface area (Å²) in [6, 6.07) is 9.71. The van der Waals surface area contributed by atoms with Crippen LogP contribution in [0, 0.1) is 5.92 Å². The van der Waals surface area contributed by atoms with Crippen molar-refractivity contribution in [1.29, 1.82) is 0 Å². The Balaban J connectivity index is 2.47. The summed E-state index contributed by atoms with van der Waals surface area (Å²) in [6.07, 6.45) is 1.28. The number of hydrogen-bond acceptors (Lipinski definition) is 2. The molecule has 0 heterocycles. The topological polar surface area (TPSA) is 46.5 Å². The second-order valence-corrected chi connectivity index (χ2v) is 4.43. The van der Waals surface area contributed by atoms with Crippen molar-refractivity contribution in [2.45, 2.75) is 32.8 Å². The van der Waals surface area contributed by atoms with Crippen LogP contribution in [0.15, 0.2) is 30.3 Å². The molecule has 0 bridgehead atoms. The molecular weight excluding hydrogens is 216 g/mol. The van der Waals surface area contributed by atoms with Gasteiger partial charge in [-0.3, -0.25) is 4.79 Å². The first-order valence-corrected chi connectivity index (χ1v) is 5.98. The van der Waals surface area contributed by atoms with E-state index < -0.39 is 5.97 Å². The molecule has 1 N–H and O–H groups in total. The largest absolute Gasteiger partial charge is 0.481 e. The summed E-state index contributed by atoms with van der Waals surface area (Å²) < 4.78 is 5.40. The van der Waals surface area contributed by atoms with E-state index in [-0.39, 0.29) is 12.0 Å². The van der Waals surface area contributed by atoms with Crippen LogP contribution in [0.1, 0.15) is 25.8 Å². The molecule has 0 aromatic heterocycles. The highest BCUT2D eigenvalue weighted by Gasteiger charge is 2.17. The number of benzene rings is 1. The zero-order valence-corrected chi connectivity index (χ0v) is 10.4. The van der Waals surface area contributed by atoms with E-state index in [1.165, 1.54) is 0 Å². The van der Waals surface area contributed by atoms with Crippen molar-refractivity contribution in [3.63, 3.8) is 0 Å². The van der Waals surface area contributed by atoms with E-state index in [2.05, 4.69) is 0 Å². The van der Waals surface area contributed by atoms with Crippen LogP contribution in [0.2, 0.25) is 0 Å². The van der Waals surface area contributed by atoms with Crippen molar-refractivity contribution in [3.05, 3.63) is 35.9 Å². The first kappa shape index (κ1) is 13.7. The maximum Gasteiger partial charge on any atom is 0.306 e. The SMILES string of the molecule is CC(C)OCCC(Cc1ccccc1)C(=O)O. The van der Waals surface area contributed by atoms with Gasteiger partial charge in [-0.25, -0.2) is 0 Å². The molecule has 1 unspecified atom stereocenters. The Labute approximate surface area is 102 Å². The van der Waals surface area contributed by atoms with Gasteiger partial charge in [-0.1, -0.05) is 30.3 Å². The molecule has 0 aliphatic carbocycles. The van der Waals surface area contributed by atoms with Crippen molar-refractivity contribution in [1.82, 2.24) is 0 Å². The van der Waals surface area contributed by atoms with E-state index in [1.807, 2.05) is 44.2 Å². The van der Waals surface area contributed by atoms with Crippen molar-refractivity contribution in [3.8, 4) is 0 Å². The fourth-order valence-corrected chi connectivity index (χ4v) is 1.66. The van der Waals surface area contributed by atoms with E-state index >= 15 is 0 Å². The number of carbonyl (C=O) groups is 1. The molecule has 1 rings (SSSR count). The Morgan fingerprint density at radius 2 is 1.94 bits per heavy atom. The van der Waals surface area contributed by atoms with Crippen LogP contribution in [-0.2, 0) is 16.0 Å². The first-order valence-electron chi connectivity index (χ1n) is 5.98. The third kappa shape index (κ3) is 5.50. The molecule has 94 valence electrons. The summed E-state index contributed by atoms with van der Waals surface area (Å²) in [5.41, 5.74) is 1.06. The molecule has 3 nitrogen and oxygen atoms in total. The van der Waals surface area contributed by atoms with Crippen molar-refractivity contribution >= 4 is 5.97 Å². The summed E-state index contributed by atoms with van der Waals surface area (Å²) in [4.78, 5) is 11.1. The van der Waals surface area contributed by atoms with Gasteiger partial charge in [-0.15, -0.1) is 0 Å². The standard InChI is InChI=1S/C14H20O3/c1-11(2)17-9-8-13(14(15)16)10-12-6-4-3-5-7-12/h3-7,11,13H,8-10H2,1-2H3,(H,15,16). The summed E-state index contributed by atoms with van der Waals surface area (Å²) >= 11 is 0. The highest BCUT2D eigenvalue weighted by Crippen LogP contribution is 2.13. The molecule has 3 heteroatoms. The van der Waals surface area contributed by atoms with Crippen LogP contribution in [0.5, 0.6) is 0 Å². The van der Waals surface area contributed by atoms with Crippen molar-refractivity contribution in [2.24, 2.45) is 5.92 Å². The molecule has 1 atom stereocenters. The Hall–Kier alpha value is -1.35. The minimum Gasteiger partial charge on any atom is -0.481 e. The molecule has 0 spiro atoms. The second-order valence-electron chi connectivity index (χ2n) is 4.43. The molecule has 0 aliphatic rings. The molecule has 0 aliphatic heterocycles. The summed E-state index contributed by atoms with van der Waals surface area (Å²) in [5.74, 6) is -1.11. The lowest BCUT2D eigenvalue weighted by atomic mass is 9.97. The quantitative estimate of drug-likeness (QED) is 0.791. The van der Waals surface area contributed by atoms with Crippen LogP contribution in [-0.4, -0.2) is 23.8 Å². The van der Waals surface area contributed by atoms with Gasteiger partial charge in [0.05, 0.1) is 12.0 Å². The van der Waals surface area contributed by atoms with Gasteiger partial charge in [-0.05, 0) is 32.3 Å². The van der Waals surface area contributed by atoms with Gasteiger partial charge in [0.1, 0.15) is 0 Å². The zero-order valence-electron chi connectivity index (χ0n) is 10.4. The maximum absolute atomic E-state index is 11.1. The van der Waals surface area contributed by atoms with Crippen LogP contribution in [0.25, 0.3) is 0 Å². The molecule has 0 fully saturated rings. The average Bonchev–Trinajstić information content (AvgIpc) is 2.28. The number of aliphatic carboxylic acids is 1. The van der Waals surface area contributed by atoms with E-state index in [0.29, 0.717) is 19.4 Å². The minimum absolute atomic E-state index is 0.154. The lowest BCUT2D eigenvalue weighted by Gasteiger charge is -2.13. The fourth-order valence-electron chi connectivity index (χ4n) is 1.66. The smallest absolute Gasteiger partial charge is 0.306 e. The average molecular weight is 236 g/mol. The predicted molar refractivity (Wildman–Crippen MR) is 67.0 cm³/mol. The van der Waals surface area contributed by atoms with E-state index in [1.54, 1.807) is 0 Å². The van der Waals surface area contributed by atoms with E-state index in [4.69, 9.17) is 9.84 Å². The van der Waals surface area contributed by atoms with Crippen LogP contribution >= 0.6 is 0 Å². The molecule has 0 amide bonds. The molecule has 17 heavy (non-hydrogen) atoms. The third-order valence-electron chi connectivity index (χ3n) is 2.59. The lowest BCUT2D eigenvalue weighted by molar-refractivity contribution is -0.142. The van der Waals surface area contributed by atoms with Gasteiger partial charge in [0.2, 0.25) is 0 Å². The molecule has 1 aromatic carbocycles. The van der Waals surface area contributed by atoms with Gasteiger partial charge in [0.25, 0.3) is 0 Å². The number of rotatable bonds is 7. The summed E-state index contributed by atoms with van der Waals surface area (Å²) in [7, 11) is 0. The lowest BCUT2D eigenvalue weighted by Crippen LogP contribution is -2.19. The first-order chi connectivity index (χ1) is 8.09. The normalized spacial score (nSPS) is 12.6. The van der Waals surface area contributed by atoms with Gasteiger partial charge in [0.15, 0.2) is 0 Å². The number of carboxylic acid groups (broad SMARTS) is 1. The third-order valence-corrected chi connectivity index (χ3v) is 2.59. The molecule has 0 radical (unpaired) electrons. The number of carboxylic acids is 1. The molecule has 0 saturated heterocycles. The van der Waals surface area contributed by atoms with Crippen LogP contribution in [0.4, 0.5) is 0 Å². The van der Waals surface area contributed by atoms with Gasteiger partial charge in [0, 0.05) is 6.61 Å². The highest BCUT2D eigenvalue weighted by molar-refractivity contribution is 5.70. The highest BCUT2D eigenvalue weighted by atomic mass is 16.5. The zero-order chi connectivity index (χ0) is 12.7. The van der Waals surface area contributed by atoms with Gasteiger partial charge < -0.3 is 9.84 Å². The van der Waals surface area contributed by atoms with Crippen molar-refractivity contribution < 1.29 is 14.6 Å². The summed E-state index contributed by atoms with van der Waals surface area (Å²) in [5, 5.41) is 9.14. The minimum atomic E-state index is -0.749. The van der Waals surface area contributed by atoms with Gasteiger partial charge in [-0.2, -0.15) is 0 Å². The Morgan fingerprint density at radius 3 is 2.47 bits per heavy atom. The molecule has 1 aromatic rings. The fraction of sp³-hybridized carbons (Fsp3) is 0.500. The van der Waals surface area contributed by atoms with Crippen LogP contribution < -0.4 is 0 Å². The molecular formula is C14H20O3. The number of hydrogen-bond donors (Lipinski definition) is 1. The molecule has 0 saturated carbocycles. The maximum atomic E-state index is 11.1. The van der Waals surface area contributed by atoms with E-state index in [9.17, 15) is 4.79 Å². The predicted octanol–water partition coefficient (Wildman–Crippen LogP) is 2.75. The Morgan fingerprint density at radius 1 is 1.29 bits per heavy atom. The van der Waals surface area contributed by atoms with Crippen LogP contribution in [0.3, 0.4) is 0 Å². The number of ether oxygens (including phenoxy) is 1. The van der Waals surface area contributed by atoms with Crippen molar-refractivity contribution in [2.75, 3.05) is 6.61 Å². The monoisotopic (exact) mass is 236 g/mol. The summed E-state index contributed by atoms with van der Waals surface area (Å²) in [6.45, 7) is 4.40.